The standard InChI is InChI=1S/C21H16N2/c1-15-22-19-14-8-13-18(16-9-4-2-5-10-16)20(19)21(23-15)17-11-6-3-7-12-17/h2-14H,1H3/i13D. The highest BCUT2D eigenvalue weighted by Gasteiger charge is 2.13. The van der Waals surface area contributed by atoms with Crippen LogP contribution in [0.3, 0.4) is 0 Å². The molecule has 0 fully saturated rings. The smallest absolute Gasteiger partial charge is 0.126 e. The summed E-state index contributed by atoms with van der Waals surface area (Å²) in [6.45, 7) is 1.91. The minimum absolute atomic E-state index is 0.485. The number of benzene rings is 3. The Morgan fingerprint density at radius 2 is 1.39 bits per heavy atom. The molecule has 0 N–H and O–H groups in total. The van der Waals surface area contributed by atoms with Crippen LogP contribution in [0.5, 0.6) is 0 Å². The predicted octanol–water partition coefficient (Wildman–Crippen LogP) is 5.27. The molecule has 1 heterocycles. The lowest BCUT2D eigenvalue weighted by atomic mass is 9.97. The van der Waals surface area contributed by atoms with E-state index in [0.717, 1.165) is 39.1 Å². The van der Waals surface area contributed by atoms with Crippen molar-refractivity contribution in [1.82, 2.24) is 9.97 Å². The van der Waals surface area contributed by atoms with Gasteiger partial charge in [0.15, 0.2) is 0 Å². The van der Waals surface area contributed by atoms with Crippen LogP contribution in [0.25, 0.3) is 33.3 Å². The molecular weight excluding hydrogens is 280 g/mol. The summed E-state index contributed by atoms with van der Waals surface area (Å²) in [6.07, 6.45) is 0. The van der Waals surface area contributed by atoms with Gasteiger partial charge in [-0.3, -0.25) is 0 Å². The normalized spacial score (nSPS) is 11.4. The molecule has 0 atom stereocenters. The highest BCUT2D eigenvalue weighted by atomic mass is 14.9. The Morgan fingerprint density at radius 3 is 2.09 bits per heavy atom. The van der Waals surface area contributed by atoms with Crippen molar-refractivity contribution in [2.24, 2.45) is 0 Å². The molecule has 0 amide bonds. The van der Waals surface area contributed by atoms with E-state index in [1.54, 1.807) is 0 Å². The Hall–Kier alpha value is -3.00. The van der Waals surface area contributed by atoms with Gasteiger partial charge in [0.05, 0.1) is 12.6 Å². The average molecular weight is 297 g/mol. The van der Waals surface area contributed by atoms with E-state index in [2.05, 4.69) is 4.98 Å². The van der Waals surface area contributed by atoms with Crippen molar-refractivity contribution < 1.29 is 1.37 Å². The van der Waals surface area contributed by atoms with E-state index in [1.807, 2.05) is 79.7 Å². The summed E-state index contributed by atoms with van der Waals surface area (Å²) < 4.78 is 8.45. The van der Waals surface area contributed by atoms with Crippen LogP contribution in [-0.4, -0.2) is 9.97 Å². The van der Waals surface area contributed by atoms with Crippen molar-refractivity contribution in [2.45, 2.75) is 6.92 Å². The summed E-state index contributed by atoms with van der Waals surface area (Å²) in [5, 5.41) is 0.936. The molecule has 0 unspecified atom stereocenters. The molecule has 2 heteroatoms. The van der Waals surface area contributed by atoms with E-state index in [1.165, 1.54) is 0 Å². The zero-order chi connectivity index (χ0) is 16.5. The van der Waals surface area contributed by atoms with E-state index >= 15 is 0 Å². The first-order valence-corrected chi connectivity index (χ1v) is 7.63. The predicted molar refractivity (Wildman–Crippen MR) is 95.1 cm³/mol. The molecule has 1 aromatic heterocycles. The van der Waals surface area contributed by atoms with Crippen molar-refractivity contribution >= 4 is 10.9 Å². The van der Waals surface area contributed by atoms with E-state index in [0.29, 0.717) is 6.04 Å². The quantitative estimate of drug-likeness (QED) is 0.503. The van der Waals surface area contributed by atoms with Crippen LogP contribution in [0, 0.1) is 6.92 Å². The molecule has 3 aromatic carbocycles. The van der Waals surface area contributed by atoms with Crippen LogP contribution in [0.1, 0.15) is 7.20 Å². The van der Waals surface area contributed by atoms with Gasteiger partial charge >= 0.3 is 0 Å². The molecule has 0 spiro atoms. The Morgan fingerprint density at radius 1 is 0.739 bits per heavy atom. The van der Waals surface area contributed by atoms with E-state index in [-0.39, 0.29) is 0 Å². The summed E-state index contributed by atoms with van der Waals surface area (Å²) in [5.41, 5.74) is 4.68. The lowest BCUT2D eigenvalue weighted by Crippen LogP contribution is -1.95. The van der Waals surface area contributed by atoms with Crippen molar-refractivity contribution in [3.8, 4) is 22.4 Å². The van der Waals surface area contributed by atoms with Gasteiger partial charge in [-0.15, -0.1) is 0 Å². The fourth-order valence-electron chi connectivity index (χ4n) is 2.87. The Labute approximate surface area is 136 Å². The third-order valence-corrected chi connectivity index (χ3v) is 3.88. The second-order valence-electron chi connectivity index (χ2n) is 5.46. The first-order valence-electron chi connectivity index (χ1n) is 8.13. The molecule has 0 aliphatic heterocycles. The Bertz CT molecular complexity index is 1010. The van der Waals surface area contributed by atoms with E-state index in [4.69, 9.17) is 6.35 Å². The first-order chi connectivity index (χ1) is 11.7. The van der Waals surface area contributed by atoms with Crippen molar-refractivity contribution in [3.05, 3.63) is 84.7 Å². The molecule has 0 aliphatic rings. The summed E-state index contributed by atoms with van der Waals surface area (Å²) >= 11 is 0. The van der Waals surface area contributed by atoms with Gasteiger partial charge in [-0.2, -0.15) is 0 Å². The van der Waals surface area contributed by atoms with Crippen LogP contribution >= 0.6 is 0 Å². The first kappa shape index (κ1) is 12.5. The fraction of sp³-hybridized carbons (Fsp3) is 0.0476. The van der Waals surface area contributed by atoms with Gasteiger partial charge in [0.2, 0.25) is 0 Å². The molecule has 110 valence electrons. The van der Waals surface area contributed by atoms with Crippen LogP contribution in [0.15, 0.2) is 78.8 Å². The van der Waals surface area contributed by atoms with Gasteiger partial charge in [0.25, 0.3) is 0 Å². The van der Waals surface area contributed by atoms with Crippen molar-refractivity contribution in [3.63, 3.8) is 0 Å². The van der Waals surface area contributed by atoms with Gasteiger partial charge in [-0.25, -0.2) is 9.97 Å². The van der Waals surface area contributed by atoms with Crippen molar-refractivity contribution in [2.75, 3.05) is 0 Å². The molecule has 0 saturated carbocycles. The molecule has 4 aromatic rings. The van der Waals surface area contributed by atoms with Gasteiger partial charge in [-0.05, 0) is 24.1 Å². The summed E-state index contributed by atoms with van der Waals surface area (Å²) in [7, 11) is 0. The number of hydrogen-bond acceptors (Lipinski definition) is 2. The van der Waals surface area contributed by atoms with E-state index in [9.17, 15) is 0 Å². The van der Waals surface area contributed by atoms with Crippen LogP contribution in [0.2, 0.25) is 0 Å². The maximum Gasteiger partial charge on any atom is 0.126 e. The molecule has 23 heavy (non-hydrogen) atoms. The number of hydrogen-bond donors (Lipinski definition) is 0. The molecule has 0 aliphatic carbocycles. The number of rotatable bonds is 2. The molecule has 0 saturated heterocycles. The minimum atomic E-state index is 0.485. The SMILES string of the molecule is [2H]c1ccc2nc(C)nc(-c3ccccc3)c2c1-c1ccccc1. The third kappa shape index (κ3) is 2.49. The largest absolute Gasteiger partial charge is 0.233 e. The maximum atomic E-state index is 8.45. The van der Waals surface area contributed by atoms with Crippen LogP contribution in [0.4, 0.5) is 0 Å². The van der Waals surface area contributed by atoms with E-state index < -0.39 is 0 Å². The lowest BCUT2D eigenvalue weighted by Gasteiger charge is -2.12. The minimum Gasteiger partial charge on any atom is -0.233 e. The molecule has 4 rings (SSSR count). The highest BCUT2D eigenvalue weighted by Crippen LogP contribution is 2.34. The zero-order valence-electron chi connectivity index (χ0n) is 13.8. The van der Waals surface area contributed by atoms with Gasteiger partial charge in [0.1, 0.15) is 5.82 Å². The maximum absolute atomic E-state index is 8.45. The van der Waals surface area contributed by atoms with Crippen molar-refractivity contribution in [1.29, 1.82) is 0 Å². The summed E-state index contributed by atoms with van der Waals surface area (Å²) in [6, 6.07) is 24.3. The van der Waals surface area contributed by atoms with Crippen LogP contribution < -0.4 is 0 Å². The summed E-state index contributed by atoms with van der Waals surface area (Å²) in [5.74, 6) is 0.734. The number of fused-ring (bicyclic) bond motifs is 1. The molecule has 0 bridgehead atoms. The third-order valence-electron chi connectivity index (χ3n) is 3.88. The fourth-order valence-corrected chi connectivity index (χ4v) is 2.87. The molecular formula is C21H16N2. The number of nitrogens with zero attached hydrogens (tertiary/aromatic N) is 2. The van der Waals surface area contributed by atoms with Gasteiger partial charge in [0, 0.05) is 10.9 Å². The van der Waals surface area contributed by atoms with Crippen LogP contribution in [-0.2, 0) is 0 Å². The molecule has 0 radical (unpaired) electrons. The summed E-state index contributed by atoms with van der Waals surface area (Å²) in [4.78, 5) is 9.30. The van der Waals surface area contributed by atoms with Gasteiger partial charge < -0.3 is 0 Å². The molecule has 2 nitrogen and oxygen atoms in total. The monoisotopic (exact) mass is 297 g/mol. The lowest BCUT2D eigenvalue weighted by molar-refractivity contribution is 1.10. The topological polar surface area (TPSA) is 25.8 Å². The Balaban J connectivity index is 2.15. The second-order valence-corrected chi connectivity index (χ2v) is 5.46. The van der Waals surface area contributed by atoms with Gasteiger partial charge in [-0.1, -0.05) is 72.8 Å². The highest BCUT2D eigenvalue weighted by molar-refractivity contribution is 6.03. The average Bonchev–Trinajstić information content (AvgIpc) is 2.63. The zero-order valence-corrected chi connectivity index (χ0v) is 12.8. The second kappa shape index (κ2) is 5.65. The number of aromatic nitrogens is 2. The number of aryl methyl sites for hydroxylation is 1. The Kier molecular flexibility index (Phi) is 3.08.